The largest absolute Gasteiger partial charge is 0.481 e. The van der Waals surface area contributed by atoms with Gasteiger partial charge in [-0.25, -0.2) is 0 Å². The Kier molecular flexibility index (Phi) is 3.99. The van der Waals surface area contributed by atoms with Crippen LogP contribution in [-0.4, -0.2) is 28.2 Å². The van der Waals surface area contributed by atoms with E-state index in [1.165, 1.54) is 6.08 Å². The second kappa shape index (κ2) is 4.50. The molecule has 68 valence electrons. The van der Waals surface area contributed by atoms with Gasteiger partial charge in [0.15, 0.2) is 0 Å². The number of rotatable bonds is 5. The van der Waals surface area contributed by atoms with Gasteiger partial charge in [0.05, 0.1) is 5.92 Å². The first kappa shape index (κ1) is 10.6. The Labute approximate surface area is 69.5 Å². The van der Waals surface area contributed by atoms with Crippen molar-refractivity contribution in [2.45, 2.75) is 12.5 Å². The van der Waals surface area contributed by atoms with Crippen LogP contribution in [-0.2, 0) is 9.59 Å². The van der Waals surface area contributed by atoms with Crippen molar-refractivity contribution in [3.8, 4) is 0 Å². The maximum absolute atomic E-state index is 10.4. The molecule has 1 unspecified atom stereocenters. The quantitative estimate of drug-likeness (QED) is 0.494. The van der Waals surface area contributed by atoms with Crippen LogP contribution in [0.1, 0.15) is 6.42 Å². The van der Waals surface area contributed by atoms with Crippen molar-refractivity contribution in [1.82, 2.24) is 0 Å². The smallest absolute Gasteiger partial charge is 0.321 e. The topological polar surface area (TPSA) is 101 Å². The van der Waals surface area contributed by atoms with E-state index in [9.17, 15) is 9.59 Å². The van der Waals surface area contributed by atoms with Crippen molar-refractivity contribution in [3.63, 3.8) is 0 Å². The fraction of sp³-hybridized carbons (Fsp3) is 0.429. The first-order valence-electron chi connectivity index (χ1n) is 3.32. The summed E-state index contributed by atoms with van der Waals surface area (Å²) in [6.45, 7) is 3.31. The van der Waals surface area contributed by atoms with Crippen molar-refractivity contribution < 1.29 is 19.8 Å². The molecule has 12 heavy (non-hydrogen) atoms. The van der Waals surface area contributed by atoms with Gasteiger partial charge < -0.3 is 15.9 Å². The summed E-state index contributed by atoms with van der Waals surface area (Å²) in [5.41, 5.74) is 5.12. The molecule has 0 aliphatic rings. The number of carboxylic acids is 2. The van der Waals surface area contributed by atoms with Crippen LogP contribution in [0.25, 0.3) is 0 Å². The number of carboxylic acid groups (broad SMARTS) is 2. The van der Waals surface area contributed by atoms with E-state index in [4.69, 9.17) is 15.9 Å². The second-order valence-corrected chi connectivity index (χ2v) is 2.33. The molecule has 0 saturated heterocycles. The van der Waals surface area contributed by atoms with E-state index in [1.807, 2.05) is 0 Å². The fourth-order valence-electron chi connectivity index (χ4n) is 0.753. The highest BCUT2D eigenvalue weighted by atomic mass is 16.4. The Bertz CT molecular complexity index is 202. The van der Waals surface area contributed by atoms with Gasteiger partial charge in [-0.15, -0.1) is 6.58 Å². The molecule has 0 aromatic rings. The maximum Gasteiger partial charge on any atom is 0.321 e. The summed E-state index contributed by atoms with van der Waals surface area (Å²) in [4.78, 5) is 20.7. The van der Waals surface area contributed by atoms with Gasteiger partial charge in [0, 0.05) is 0 Å². The molecule has 0 aromatic heterocycles. The number of hydrogen-bond acceptors (Lipinski definition) is 3. The van der Waals surface area contributed by atoms with Crippen molar-refractivity contribution >= 4 is 11.9 Å². The zero-order valence-corrected chi connectivity index (χ0v) is 6.43. The molecule has 0 fully saturated rings. The van der Waals surface area contributed by atoms with Gasteiger partial charge in [-0.1, -0.05) is 6.08 Å². The highest BCUT2D eigenvalue weighted by Gasteiger charge is 2.28. The molecule has 4 N–H and O–H groups in total. The van der Waals surface area contributed by atoms with Crippen molar-refractivity contribution in [3.05, 3.63) is 12.7 Å². The molecule has 5 heteroatoms. The van der Waals surface area contributed by atoms with Crippen LogP contribution in [0.15, 0.2) is 12.7 Å². The molecular weight excluding hydrogens is 162 g/mol. The summed E-state index contributed by atoms with van der Waals surface area (Å²) in [6, 6.07) is -1.37. The molecule has 0 aromatic carbocycles. The summed E-state index contributed by atoms with van der Waals surface area (Å²) in [6.07, 6.45) is 1.39. The summed E-state index contributed by atoms with van der Waals surface area (Å²) in [5, 5.41) is 16.9. The normalized spacial score (nSPS) is 14.8. The fourth-order valence-corrected chi connectivity index (χ4v) is 0.753. The standard InChI is InChI=1S/C7H11NO4/c1-2-3-4(6(9)10)5(8)7(11)12/h2,4-5H,1,3,8H2,(H,9,10)(H,11,12)/t4?,5-/m0/s1. The molecule has 0 saturated carbocycles. The summed E-state index contributed by atoms with van der Waals surface area (Å²) in [7, 11) is 0. The Morgan fingerprint density at radius 1 is 1.42 bits per heavy atom. The number of carbonyl (C=O) groups is 2. The number of aliphatic carboxylic acids is 2. The van der Waals surface area contributed by atoms with E-state index >= 15 is 0 Å². The zero-order chi connectivity index (χ0) is 9.72. The van der Waals surface area contributed by atoms with Crippen molar-refractivity contribution in [1.29, 1.82) is 0 Å². The van der Waals surface area contributed by atoms with Gasteiger partial charge in [-0.05, 0) is 6.42 Å². The van der Waals surface area contributed by atoms with Crippen molar-refractivity contribution in [2.24, 2.45) is 11.7 Å². The van der Waals surface area contributed by atoms with E-state index in [2.05, 4.69) is 6.58 Å². The minimum atomic E-state index is -1.37. The van der Waals surface area contributed by atoms with Gasteiger partial charge in [-0.2, -0.15) is 0 Å². The molecule has 5 nitrogen and oxygen atoms in total. The van der Waals surface area contributed by atoms with Crippen molar-refractivity contribution in [2.75, 3.05) is 0 Å². The minimum Gasteiger partial charge on any atom is -0.481 e. The first-order chi connectivity index (χ1) is 5.50. The average molecular weight is 173 g/mol. The number of allylic oxidation sites excluding steroid dienone is 1. The predicted molar refractivity (Wildman–Crippen MR) is 41.6 cm³/mol. The lowest BCUT2D eigenvalue weighted by Crippen LogP contribution is -2.41. The van der Waals surface area contributed by atoms with Crippen LogP contribution in [0.2, 0.25) is 0 Å². The van der Waals surface area contributed by atoms with E-state index < -0.39 is 23.9 Å². The minimum absolute atomic E-state index is 0.0583. The maximum atomic E-state index is 10.4. The van der Waals surface area contributed by atoms with Crippen LogP contribution >= 0.6 is 0 Å². The predicted octanol–water partition coefficient (Wildman–Crippen LogP) is -0.325. The first-order valence-corrected chi connectivity index (χ1v) is 3.32. The lowest BCUT2D eigenvalue weighted by molar-refractivity contribution is -0.149. The van der Waals surface area contributed by atoms with Gasteiger partial charge >= 0.3 is 11.9 Å². The molecule has 0 aliphatic heterocycles. The molecule has 0 radical (unpaired) electrons. The Morgan fingerprint density at radius 2 is 1.92 bits per heavy atom. The van der Waals surface area contributed by atoms with Crippen LogP contribution in [0.4, 0.5) is 0 Å². The highest BCUT2D eigenvalue weighted by Crippen LogP contribution is 2.08. The highest BCUT2D eigenvalue weighted by molar-refractivity contribution is 5.82. The molecular formula is C7H11NO4. The lowest BCUT2D eigenvalue weighted by atomic mass is 9.97. The van der Waals surface area contributed by atoms with Crippen LogP contribution in [0.5, 0.6) is 0 Å². The SMILES string of the molecule is C=CCC(C(=O)O)[C@H](N)C(=O)O. The Balaban J connectivity index is 4.38. The van der Waals surface area contributed by atoms with Crippen LogP contribution in [0, 0.1) is 5.92 Å². The summed E-state index contributed by atoms with van der Waals surface area (Å²) < 4.78 is 0. The van der Waals surface area contributed by atoms with E-state index in [1.54, 1.807) is 0 Å². The molecule has 0 amide bonds. The average Bonchev–Trinajstić information content (AvgIpc) is 1.98. The second-order valence-electron chi connectivity index (χ2n) is 2.33. The van der Waals surface area contributed by atoms with Gasteiger partial charge in [0.2, 0.25) is 0 Å². The van der Waals surface area contributed by atoms with Gasteiger partial charge in [0.25, 0.3) is 0 Å². The molecule has 0 rings (SSSR count). The van der Waals surface area contributed by atoms with E-state index in [-0.39, 0.29) is 6.42 Å². The molecule has 0 bridgehead atoms. The van der Waals surface area contributed by atoms with Gasteiger partial charge in [-0.3, -0.25) is 9.59 Å². The zero-order valence-electron chi connectivity index (χ0n) is 6.43. The number of nitrogens with two attached hydrogens (primary N) is 1. The lowest BCUT2D eigenvalue weighted by Gasteiger charge is -2.13. The number of hydrogen-bond donors (Lipinski definition) is 3. The third-order valence-electron chi connectivity index (χ3n) is 1.46. The van der Waals surface area contributed by atoms with E-state index in [0.717, 1.165) is 0 Å². The van der Waals surface area contributed by atoms with E-state index in [0.29, 0.717) is 0 Å². The summed E-state index contributed by atoms with van der Waals surface area (Å²) >= 11 is 0. The van der Waals surface area contributed by atoms with Crippen LogP contribution in [0.3, 0.4) is 0 Å². The Hall–Kier alpha value is -1.36. The monoisotopic (exact) mass is 173 g/mol. The van der Waals surface area contributed by atoms with Gasteiger partial charge in [0.1, 0.15) is 6.04 Å². The summed E-state index contributed by atoms with van der Waals surface area (Å²) in [5.74, 6) is -3.63. The molecule has 0 heterocycles. The Morgan fingerprint density at radius 3 is 2.17 bits per heavy atom. The third kappa shape index (κ3) is 2.71. The van der Waals surface area contributed by atoms with Crippen LogP contribution < -0.4 is 5.73 Å². The molecule has 2 atom stereocenters. The molecule has 0 aliphatic carbocycles. The third-order valence-corrected chi connectivity index (χ3v) is 1.46. The molecule has 0 spiro atoms.